The van der Waals surface area contributed by atoms with Gasteiger partial charge in [0.05, 0.1) is 0 Å². The lowest BCUT2D eigenvalue weighted by Crippen LogP contribution is -2.33. The lowest BCUT2D eigenvalue weighted by atomic mass is 9.97. The number of hydrogen-bond acceptors (Lipinski definition) is 2. The lowest BCUT2D eigenvalue weighted by molar-refractivity contribution is 0.157. The van der Waals surface area contributed by atoms with Gasteiger partial charge in [-0.1, -0.05) is 53.1 Å². The molecule has 170 valence electrons. The fourth-order valence-electron chi connectivity index (χ4n) is 4.36. The van der Waals surface area contributed by atoms with Crippen LogP contribution in [0.3, 0.4) is 0 Å². The molecule has 1 aromatic heterocycles. The van der Waals surface area contributed by atoms with Gasteiger partial charge < -0.3 is 14.2 Å². The van der Waals surface area contributed by atoms with Crippen molar-refractivity contribution in [2.45, 2.75) is 34.2 Å². The first kappa shape index (κ1) is 22.9. The summed E-state index contributed by atoms with van der Waals surface area (Å²) in [4.78, 5) is 14.5. The number of halogens is 1. The third-order valence-corrected chi connectivity index (χ3v) is 6.12. The van der Waals surface area contributed by atoms with Gasteiger partial charge in [-0.25, -0.2) is 4.79 Å². The van der Waals surface area contributed by atoms with Crippen LogP contribution in [0.1, 0.15) is 30.5 Å². The topological polar surface area (TPSA) is 34.5 Å². The van der Waals surface area contributed by atoms with Crippen LogP contribution in [0.4, 0.5) is 4.79 Å². The molecule has 0 N–H and O–H groups in total. The van der Waals surface area contributed by atoms with Gasteiger partial charge in [-0.05, 0) is 69.2 Å². The van der Waals surface area contributed by atoms with E-state index in [0.717, 1.165) is 32.6 Å². The summed E-state index contributed by atoms with van der Waals surface area (Å²) in [6.45, 7) is 9.99. The Labute approximate surface area is 200 Å². The van der Waals surface area contributed by atoms with Crippen molar-refractivity contribution in [2.24, 2.45) is 0 Å². The molecular formula is C28H29ClN2O2. The minimum atomic E-state index is -0.330. The first-order valence-corrected chi connectivity index (χ1v) is 11.7. The normalized spacial score (nSPS) is 11.1. The van der Waals surface area contributed by atoms with E-state index in [4.69, 9.17) is 16.3 Å². The Hall–Kier alpha value is -3.24. The zero-order valence-corrected chi connectivity index (χ0v) is 20.3. The first-order valence-electron chi connectivity index (χ1n) is 11.3. The number of ether oxygens (including phenoxy) is 1. The van der Waals surface area contributed by atoms with Crippen molar-refractivity contribution in [1.29, 1.82) is 0 Å². The highest BCUT2D eigenvalue weighted by Crippen LogP contribution is 2.39. The van der Waals surface area contributed by atoms with Crippen molar-refractivity contribution < 1.29 is 9.53 Å². The van der Waals surface area contributed by atoms with E-state index in [1.54, 1.807) is 4.90 Å². The van der Waals surface area contributed by atoms with Gasteiger partial charge in [0, 0.05) is 47.3 Å². The molecule has 4 aromatic rings. The molecule has 0 radical (unpaired) electrons. The predicted molar refractivity (Wildman–Crippen MR) is 136 cm³/mol. The van der Waals surface area contributed by atoms with Crippen LogP contribution in [-0.4, -0.2) is 28.6 Å². The van der Waals surface area contributed by atoms with Gasteiger partial charge in [-0.3, -0.25) is 0 Å². The number of aromatic nitrogens is 1. The Bertz CT molecular complexity index is 1280. The zero-order valence-electron chi connectivity index (χ0n) is 19.6. The average molecular weight is 461 g/mol. The largest absolute Gasteiger partial charge is 0.415 e. The summed E-state index contributed by atoms with van der Waals surface area (Å²) in [7, 11) is 0. The van der Waals surface area contributed by atoms with Crippen LogP contribution in [-0.2, 0) is 6.54 Å². The highest BCUT2D eigenvalue weighted by atomic mass is 35.5. The second kappa shape index (κ2) is 9.72. The van der Waals surface area contributed by atoms with E-state index in [0.29, 0.717) is 25.4 Å². The van der Waals surface area contributed by atoms with Crippen LogP contribution in [0.5, 0.6) is 5.75 Å². The van der Waals surface area contributed by atoms with Gasteiger partial charge in [0.15, 0.2) is 0 Å². The van der Waals surface area contributed by atoms with Crippen molar-refractivity contribution in [1.82, 2.24) is 9.47 Å². The molecule has 0 bridgehead atoms. The van der Waals surface area contributed by atoms with E-state index in [1.807, 2.05) is 44.2 Å². The van der Waals surface area contributed by atoms with E-state index in [2.05, 4.69) is 54.9 Å². The average Bonchev–Trinajstić information content (AvgIpc) is 3.16. The van der Waals surface area contributed by atoms with Crippen LogP contribution in [0, 0.1) is 13.8 Å². The quantitative estimate of drug-likeness (QED) is 0.299. The van der Waals surface area contributed by atoms with Crippen molar-refractivity contribution in [3.63, 3.8) is 0 Å². The second-order valence-electron chi connectivity index (χ2n) is 8.36. The molecule has 33 heavy (non-hydrogen) atoms. The molecule has 5 heteroatoms. The first-order chi connectivity index (χ1) is 15.9. The minimum Gasteiger partial charge on any atom is -0.410 e. The Balaban J connectivity index is 1.84. The van der Waals surface area contributed by atoms with Crippen LogP contribution in [0.2, 0.25) is 5.02 Å². The Morgan fingerprint density at radius 2 is 1.70 bits per heavy atom. The third kappa shape index (κ3) is 4.91. The van der Waals surface area contributed by atoms with E-state index >= 15 is 0 Å². The minimum absolute atomic E-state index is 0.330. The second-order valence-corrected chi connectivity index (χ2v) is 8.80. The number of carbonyl (C=O) groups is 1. The number of aryl methyl sites for hydroxylation is 2. The molecule has 0 fully saturated rings. The van der Waals surface area contributed by atoms with Crippen molar-refractivity contribution >= 4 is 28.6 Å². The fraction of sp³-hybridized carbons (Fsp3) is 0.250. The molecule has 0 spiro atoms. The number of carbonyl (C=O) groups excluding carboxylic acids is 1. The van der Waals surface area contributed by atoms with E-state index in [1.165, 1.54) is 11.1 Å². The predicted octanol–water partition coefficient (Wildman–Crippen LogP) is 7.47. The number of rotatable bonds is 6. The highest BCUT2D eigenvalue weighted by molar-refractivity contribution is 6.30. The molecule has 1 heterocycles. The summed E-state index contributed by atoms with van der Waals surface area (Å²) in [5.74, 6) is 0.574. The summed E-state index contributed by atoms with van der Waals surface area (Å²) in [6, 6.07) is 20.4. The fourth-order valence-corrected chi connectivity index (χ4v) is 4.58. The molecule has 0 aliphatic rings. The molecule has 0 unspecified atom stereocenters. The summed E-state index contributed by atoms with van der Waals surface area (Å²) >= 11 is 6.20. The smallest absolute Gasteiger partial charge is 0.410 e. The van der Waals surface area contributed by atoms with Crippen LogP contribution in [0.15, 0.2) is 66.9 Å². The van der Waals surface area contributed by atoms with E-state index in [-0.39, 0.29) is 6.09 Å². The maximum Gasteiger partial charge on any atom is 0.415 e. The van der Waals surface area contributed by atoms with Crippen molar-refractivity contribution in [3.8, 4) is 16.9 Å². The summed E-state index contributed by atoms with van der Waals surface area (Å²) < 4.78 is 8.13. The molecule has 4 rings (SSSR count). The zero-order chi connectivity index (χ0) is 23.5. The van der Waals surface area contributed by atoms with E-state index in [9.17, 15) is 4.79 Å². The summed E-state index contributed by atoms with van der Waals surface area (Å²) in [5.41, 5.74) is 6.52. The van der Waals surface area contributed by atoms with Gasteiger partial charge in [-0.15, -0.1) is 0 Å². The van der Waals surface area contributed by atoms with Crippen LogP contribution in [0.25, 0.3) is 22.0 Å². The molecule has 1 amide bonds. The van der Waals surface area contributed by atoms with E-state index < -0.39 is 0 Å². The van der Waals surface area contributed by atoms with Crippen LogP contribution < -0.4 is 4.74 Å². The number of benzene rings is 3. The Morgan fingerprint density at radius 3 is 2.36 bits per heavy atom. The van der Waals surface area contributed by atoms with Gasteiger partial charge in [0.1, 0.15) is 5.75 Å². The maximum absolute atomic E-state index is 12.8. The van der Waals surface area contributed by atoms with Gasteiger partial charge in [-0.2, -0.15) is 0 Å². The molecule has 0 saturated carbocycles. The molecule has 0 aliphatic heterocycles. The molecule has 4 nitrogen and oxygen atoms in total. The van der Waals surface area contributed by atoms with Gasteiger partial charge in [0.2, 0.25) is 0 Å². The molecular weight excluding hydrogens is 432 g/mol. The molecule has 0 atom stereocenters. The number of nitrogens with zero attached hydrogens (tertiary/aromatic N) is 2. The van der Waals surface area contributed by atoms with Crippen LogP contribution >= 0.6 is 11.6 Å². The SMILES string of the molecule is CCN(CC)C(=O)Oc1ccc2c(ccn2Cc2cccc(Cl)c2)c1-c1cc(C)cc(C)c1. The number of amides is 1. The standard InChI is InChI=1S/C28H29ClN2O2/c1-5-30(6-2)28(32)33-26-11-10-25-24(27(26)22-15-19(3)14-20(4)16-22)12-13-31(25)18-21-8-7-9-23(29)17-21/h7-17H,5-6,18H2,1-4H3. The Morgan fingerprint density at radius 1 is 0.970 bits per heavy atom. The Kier molecular flexibility index (Phi) is 6.75. The number of fused-ring (bicyclic) bond motifs is 1. The molecule has 3 aromatic carbocycles. The maximum atomic E-state index is 12.8. The monoisotopic (exact) mass is 460 g/mol. The third-order valence-electron chi connectivity index (χ3n) is 5.89. The molecule has 0 aliphatic carbocycles. The van der Waals surface area contributed by atoms with Crippen molar-refractivity contribution in [2.75, 3.05) is 13.1 Å². The summed E-state index contributed by atoms with van der Waals surface area (Å²) in [5, 5.41) is 1.78. The summed E-state index contributed by atoms with van der Waals surface area (Å²) in [6.07, 6.45) is 1.75. The molecule has 0 saturated heterocycles. The highest BCUT2D eigenvalue weighted by Gasteiger charge is 2.19. The van der Waals surface area contributed by atoms with Crippen molar-refractivity contribution in [3.05, 3.63) is 88.6 Å². The lowest BCUT2D eigenvalue weighted by Gasteiger charge is -2.20. The van der Waals surface area contributed by atoms with Gasteiger partial charge >= 0.3 is 6.09 Å². The number of hydrogen-bond donors (Lipinski definition) is 0. The van der Waals surface area contributed by atoms with Gasteiger partial charge in [0.25, 0.3) is 0 Å².